The molecule has 1 aliphatic heterocycles. The average molecular weight is 329 g/mol. The summed E-state index contributed by atoms with van der Waals surface area (Å²) in [6.07, 6.45) is 7.60. The van der Waals surface area contributed by atoms with Crippen molar-refractivity contribution in [2.75, 3.05) is 23.7 Å². The van der Waals surface area contributed by atoms with Gasteiger partial charge in [0.25, 0.3) is 0 Å². The third-order valence-corrected chi connectivity index (χ3v) is 3.99. The Morgan fingerprint density at radius 3 is 2.71 bits per heavy atom. The van der Waals surface area contributed by atoms with Gasteiger partial charge in [0, 0.05) is 24.3 Å². The van der Waals surface area contributed by atoms with Crippen molar-refractivity contribution in [3.05, 3.63) is 42.5 Å². The minimum Gasteiger partial charge on any atom is -1.00 e. The maximum absolute atomic E-state index is 5.88. The van der Waals surface area contributed by atoms with E-state index in [1.165, 1.54) is 12.1 Å². The summed E-state index contributed by atoms with van der Waals surface area (Å²) in [5.41, 5.74) is 9.20. The minimum absolute atomic E-state index is 0. The van der Waals surface area contributed by atoms with Gasteiger partial charge in [0.1, 0.15) is 18.4 Å². The summed E-state index contributed by atoms with van der Waals surface area (Å²) in [7, 11) is 2.06. The van der Waals surface area contributed by atoms with Crippen LogP contribution in [0, 0.1) is 6.92 Å². The van der Waals surface area contributed by atoms with Gasteiger partial charge in [0.2, 0.25) is 6.33 Å². The van der Waals surface area contributed by atoms with Crippen LogP contribution in [-0.4, -0.2) is 17.7 Å². The number of nitrogen functional groups attached to an aromatic ring is 1. The predicted octanol–water partition coefficient (Wildman–Crippen LogP) is -0.920. The van der Waals surface area contributed by atoms with Gasteiger partial charge in [-0.05, 0) is 30.7 Å². The number of nitrogens with zero attached hydrogens (tertiary/aromatic N) is 3. The lowest BCUT2D eigenvalue weighted by atomic mass is 10.2. The number of hydrogen-bond donors (Lipinski definition) is 1. The molecule has 1 fully saturated rings. The van der Waals surface area contributed by atoms with Gasteiger partial charge in [-0.1, -0.05) is 0 Å². The highest BCUT2D eigenvalue weighted by Gasteiger charge is 2.27. The van der Waals surface area contributed by atoms with Crippen LogP contribution in [0.15, 0.2) is 36.9 Å². The standard InChI is InChI=1S/C15H21N4.2ClH/c1-12-9-13(3-4-15(12)16)18-6-5-14(10-18)19-8-7-17(2)11-19;;/h3-4,7-9,11,14H,5-6,10,16H2,1-2H3;2*1H/q+1;;/p-1. The molecule has 2 aromatic rings. The van der Waals surface area contributed by atoms with Crippen LogP contribution in [0.1, 0.15) is 18.0 Å². The van der Waals surface area contributed by atoms with E-state index in [0.29, 0.717) is 6.04 Å². The van der Waals surface area contributed by atoms with Gasteiger partial charge in [-0.15, -0.1) is 12.4 Å². The van der Waals surface area contributed by atoms with E-state index in [4.69, 9.17) is 5.73 Å². The molecule has 1 saturated heterocycles. The van der Waals surface area contributed by atoms with Gasteiger partial charge < -0.3 is 23.0 Å². The zero-order chi connectivity index (χ0) is 13.4. The van der Waals surface area contributed by atoms with Crippen LogP contribution in [0.3, 0.4) is 0 Å². The van der Waals surface area contributed by atoms with E-state index in [-0.39, 0.29) is 24.8 Å². The first-order chi connectivity index (χ1) is 9.13. The summed E-state index contributed by atoms with van der Waals surface area (Å²) < 4.78 is 4.40. The molecule has 0 aliphatic carbocycles. The Bertz CT molecular complexity index is 597. The Morgan fingerprint density at radius 2 is 2.10 bits per heavy atom. The van der Waals surface area contributed by atoms with Crippen LogP contribution in [-0.2, 0) is 7.05 Å². The Hall–Kier alpha value is -1.39. The van der Waals surface area contributed by atoms with Crippen molar-refractivity contribution < 1.29 is 17.0 Å². The minimum atomic E-state index is 0. The van der Waals surface area contributed by atoms with Gasteiger partial charge in [-0.25, -0.2) is 9.13 Å². The van der Waals surface area contributed by atoms with E-state index in [2.05, 4.69) is 58.9 Å². The lowest BCUT2D eigenvalue weighted by molar-refractivity contribution is -0.671. The number of anilines is 2. The van der Waals surface area contributed by atoms with Crippen molar-refractivity contribution in [1.29, 1.82) is 0 Å². The highest BCUT2D eigenvalue weighted by Crippen LogP contribution is 2.28. The molecule has 0 amide bonds. The molecule has 6 heteroatoms. The van der Waals surface area contributed by atoms with E-state index in [9.17, 15) is 0 Å². The molecule has 1 atom stereocenters. The normalized spacial score (nSPS) is 17.2. The zero-order valence-electron chi connectivity index (χ0n) is 12.4. The van der Waals surface area contributed by atoms with Crippen LogP contribution in [0.2, 0.25) is 0 Å². The first kappa shape index (κ1) is 17.7. The molecule has 1 aromatic carbocycles. The third-order valence-electron chi connectivity index (χ3n) is 3.99. The van der Waals surface area contributed by atoms with E-state index in [1.807, 2.05) is 6.07 Å². The summed E-state index contributed by atoms with van der Waals surface area (Å²) in [6, 6.07) is 6.89. The lowest BCUT2D eigenvalue weighted by Crippen LogP contribution is -3.00. The zero-order valence-corrected chi connectivity index (χ0v) is 13.9. The molecule has 0 saturated carbocycles. The molecular weight excluding hydrogens is 307 g/mol. The van der Waals surface area contributed by atoms with Gasteiger partial charge in [0.15, 0.2) is 0 Å². The molecule has 21 heavy (non-hydrogen) atoms. The molecule has 4 nitrogen and oxygen atoms in total. The number of hydrogen-bond acceptors (Lipinski definition) is 2. The summed E-state index contributed by atoms with van der Waals surface area (Å²) in [5.74, 6) is 0. The van der Waals surface area contributed by atoms with Crippen LogP contribution in [0.4, 0.5) is 11.4 Å². The quantitative estimate of drug-likeness (QED) is 0.572. The molecule has 116 valence electrons. The van der Waals surface area contributed by atoms with Gasteiger partial charge in [-0.2, -0.15) is 0 Å². The fraction of sp³-hybridized carbons (Fsp3) is 0.400. The third kappa shape index (κ3) is 3.63. The van der Waals surface area contributed by atoms with E-state index < -0.39 is 0 Å². The van der Waals surface area contributed by atoms with Crippen molar-refractivity contribution in [3.8, 4) is 0 Å². The van der Waals surface area contributed by atoms with Crippen molar-refractivity contribution in [2.24, 2.45) is 7.05 Å². The van der Waals surface area contributed by atoms with Crippen molar-refractivity contribution >= 4 is 23.8 Å². The monoisotopic (exact) mass is 328 g/mol. The first-order valence-electron chi connectivity index (χ1n) is 6.77. The number of aromatic nitrogens is 2. The fourth-order valence-electron chi connectivity index (χ4n) is 2.76. The molecule has 1 unspecified atom stereocenters. The average Bonchev–Trinajstić information content (AvgIpc) is 3.01. The molecule has 3 rings (SSSR count). The lowest BCUT2D eigenvalue weighted by Gasteiger charge is -2.18. The number of imidazole rings is 1. The van der Waals surface area contributed by atoms with Gasteiger partial charge in [0.05, 0.1) is 13.6 Å². The largest absolute Gasteiger partial charge is 1.00 e. The van der Waals surface area contributed by atoms with Crippen LogP contribution >= 0.6 is 12.4 Å². The fourth-order valence-corrected chi connectivity index (χ4v) is 2.76. The number of aryl methyl sites for hydroxylation is 2. The second kappa shape index (κ2) is 7.05. The SMILES string of the molecule is Cc1cc(N2CCC(n3cc[n+](C)c3)C2)ccc1N.Cl.[Cl-]. The molecule has 0 bridgehead atoms. The number of nitrogens with two attached hydrogens (primary N) is 1. The van der Waals surface area contributed by atoms with Crippen molar-refractivity contribution in [1.82, 2.24) is 4.57 Å². The smallest absolute Gasteiger partial charge is 0.243 e. The molecule has 2 heterocycles. The molecular formula is C15H22Cl2N4. The van der Waals surface area contributed by atoms with Gasteiger partial charge >= 0.3 is 0 Å². The second-order valence-corrected chi connectivity index (χ2v) is 5.46. The predicted molar refractivity (Wildman–Crippen MR) is 84.3 cm³/mol. The number of rotatable bonds is 2. The molecule has 1 aromatic heterocycles. The molecule has 0 radical (unpaired) electrons. The number of halogens is 2. The van der Waals surface area contributed by atoms with Crippen LogP contribution in [0.25, 0.3) is 0 Å². The van der Waals surface area contributed by atoms with Crippen LogP contribution < -0.4 is 27.6 Å². The Labute approximate surface area is 138 Å². The van der Waals surface area contributed by atoms with E-state index >= 15 is 0 Å². The summed E-state index contributed by atoms with van der Waals surface area (Å²) >= 11 is 0. The Morgan fingerprint density at radius 1 is 1.33 bits per heavy atom. The summed E-state index contributed by atoms with van der Waals surface area (Å²) in [6.45, 7) is 4.24. The topological polar surface area (TPSA) is 38.1 Å². The van der Waals surface area contributed by atoms with E-state index in [0.717, 1.165) is 24.3 Å². The van der Waals surface area contributed by atoms with Crippen molar-refractivity contribution in [2.45, 2.75) is 19.4 Å². The molecule has 1 aliphatic rings. The molecule has 2 N–H and O–H groups in total. The van der Waals surface area contributed by atoms with Gasteiger partial charge in [-0.3, -0.25) is 0 Å². The Kier molecular flexibility index (Phi) is 5.93. The maximum Gasteiger partial charge on any atom is 0.243 e. The highest BCUT2D eigenvalue weighted by atomic mass is 35.5. The first-order valence-corrected chi connectivity index (χ1v) is 6.77. The molecule has 0 spiro atoms. The summed E-state index contributed by atoms with van der Waals surface area (Å²) in [5, 5.41) is 0. The maximum atomic E-state index is 5.88. The summed E-state index contributed by atoms with van der Waals surface area (Å²) in [4.78, 5) is 2.44. The highest BCUT2D eigenvalue weighted by molar-refractivity contribution is 5.85. The van der Waals surface area contributed by atoms with E-state index in [1.54, 1.807) is 0 Å². The van der Waals surface area contributed by atoms with Crippen LogP contribution in [0.5, 0.6) is 0 Å². The Balaban J connectivity index is 0.00000110. The van der Waals surface area contributed by atoms with Crippen molar-refractivity contribution in [3.63, 3.8) is 0 Å². The number of benzene rings is 1. The second-order valence-electron chi connectivity index (χ2n) is 5.46.